The van der Waals surface area contributed by atoms with Crippen molar-refractivity contribution >= 4 is 27.1 Å². The number of aromatic nitrogens is 1. The van der Waals surface area contributed by atoms with Crippen LogP contribution in [0.5, 0.6) is 0 Å². The fourth-order valence-corrected chi connectivity index (χ4v) is 5.45. The summed E-state index contributed by atoms with van der Waals surface area (Å²) in [5, 5.41) is 14.2. The minimum Gasteiger partial charge on any atom is -0.256 e. The van der Waals surface area contributed by atoms with Crippen molar-refractivity contribution in [2.75, 3.05) is 0 Å². The van der Waals surface area contributed by atoms with Gasteiger partial charge in [0, 0.05) is 11.8 Å². The predicted molar refractivity (Wildman–Crippen MR) is 164 cm³/mol. The van der Waals surface area contributed by atoms with Crippen LogP contribution in [0, 0.1) is 11.3 Å². The van der Waals surface area contributed by atoms with Gasteiger partial charge >= 0.3 is 0 Å². The van der Waals surface area contributed by atoms with Gasteiger partial charge in [0.05, 0.1) is 17.3 Å². The monoisotopic (exact) mass is 498 g/mol. The van der Waals surface area contributed by atoms with Crippen LogP contribution >= 0.6 is 0 Å². The van der Waals surface area contributed by atoms with E-state index in [1.165, 1.54) is 38.2 Å². The molecule has 0 saturated heterocycles. The van der Waals surface area contributed by atoms with Crippen molar-refractivity contribution in [2.24, 2.45) is 0 Å². The average Bonchev–Trinajstić information content (AvgIpc) is 3.01. The van der Waals surface area contributed by atoms with Crippen LogP contribution in [0.1, 0.15) is 18.1 Å². The second kappa shape index (κ2) is 10.2. The summed E-state index contributed by atoms with van der Waals surface area (Å²) in [6.07, 6.45) is 5.67. The van der Waals surface area contributed by atoms with E-state index in [-0.39, 0.29) is 0 Å². The smallest absolute Gasteiger partial charge is 0.0992 e. The molecular formula is C37H26N2. The lowest BCUT2D eigenvalue weighted by Gasteiger charge is -2.18. The summed E-state index contributed by atoms with van der Waals surface area (Å²) in [7, 11) is 0. The summed E-state index contributed by atoms with van der Waals surface area (Å²) in [6.45, 7) is 5.99. The summed E-state index contributed by atoms with van der Waals surface area (Å²) < 4.78 is 0. The summed E-state index contributed by atoms with van der Waals surface area (Å²) in [5.41, 5.74) is 9.48. The van der Waals surface area contributed by atoms with Gasteiger partial charge in [0.2, 0.25) is 0 Å². The SMILES string of the molecule is C=C/C(=C\C)c1ccc(-c2c3ccccc3c(-c3ccc(-c4cc(C#N)ccn4)cc3)c3ccccc23)cc1. The Morgan fingerprint density at radius 3 is 1.64 bits per heavy atom. The van der Waals surface area contributed by atoms with E-state index >= 15 is 0 Å². The van der Waals surface area contributed by atoms with Crippen molar-refractivity contribution in [1.29, 1.82) is 5.26 Å². The predicted octanol–water partition coefficient (Wildman–Crippen LogP) is 9.85. The number of allylic oxidation sites excluding steroid dienone is 3. The van der Waals surface area contributed by atoms with Gasteiger partial charge in [-0.1, -0.05) is 116 Å². The average molecular weight is 499 g/mol. The first-order valence-corrected chi connectivity index (χ1v) is 13.0. The van der Waals surface area contributed by atoms with Crippen LogP contribution < -0.4 is 0 Å². The third kappa shape index (κ3) is 4.31. The first-order chi connectivity index (χ1) is 19.2. The molecule has 2 heteroatoms. The number of benzene rings is 5. The van der Waals surface area contributed by atoms with Crippen molar-refractivity contribution in [3.8, 4) is 39.6 Å². The molecule has 0 aliphatic carbocycles. The Hall–Kier alpha value is -5.26. The number of fused-ring (bicyclic) bond motifs is 2. The maximum atomic E-state index is 9.28. The topological polar surface area (TPSA) is 36.7 Å². The van der Waals surface area contributed by atoms with Crippen molar-refractivity contribution in [3.05, 3.63) is 145 Å². The summed E-state index contributed by atoms with van der Waals surface area (Å²) in [6, 6.07) is 40.4. The second-order valence-corrected chi connectivity index (χ2v) is 9.49. The molecule has 0 aliphatic heterocycles. The summed E-state index contributed by atoms with van der Waals surface area (Å²) >= 11 is 0. The molecule has 0 spiro atoms. The number of nitrogens with zero attached hydrogens (tertiary/aromatic N) is 2. The van der Waals surface area contributed by atoms with Crippen molar-refractivity contribution in [2.45, 2.75) is 6.92 Å². The molecule has 2 nitrogen and oxygen atoms in total. The molecule has 0 aliphatic rings. The molecule has 6 aromatic rings. The third-order valence-corrected chi connectivity index (χ3v) is 7.33. The Balaban J connectivity index is 1.55. The molecule has 184 valence electrons. The van der Waals surface area contributed by atoms with E-state index in [1.54, 1.807) is 12.3 Å². The van der Waals surface area contributed by atoms with Gasteiger partial charge in [-0.15, -0.1) is 0 Å². The van der Waals surface area contributed by atoms with Gasteiger partial charge in [-0.3, -0.25) is 4.98 Å². The molecule has 0 amide bonds. The number of rotatable bonds is 5. The number of nitriles is 1. The van der Waals surface area contributed by atoms with Crippen LogP contribution in [0.2, 0.25) is 0 Å². The van der Waals surface area contributed by atoms with E-state index in [9.17, 15) is 5.26 Å². The molecule has 0 fully saturated rings. The minimum atomic E-state index is 0.608. The first-order valence-electron chi connectivity index (χ1n) is 13.0. The van der Waals surface area contributed by atoms with Gasteiger partial charge in [-0.05, 0) is 74.0 Å². The zero-order valence-electron chi connectivity index (χ0n) is 21.7. The maximum absolute atomic E-state index is 9.28. The minimum absolute atomic E-state index is 0.608. The van der Waals surface area contributed by atoms with Crippen LogP contribution in [0.25, 0.3) is 60.6 Å². The Labute approximate surface area is 228 Å². The largest absolute Gasteiger partial charge is 0.256 e. The first kappa shape index (κ1) is 24.1. The fraction of sp³-hybridized carbons (Fsp3) is 0.0270. The van der Waals surface area contributed by atoms with Crippen molar-refractivity contribution < 1.29 is 0 Å². The highest BCUT2D eigenvalue weighted by Gasteiger charge is 2.16. The molecule has 5 aromatic carbocycles. The van der Waals surface area contributed by atoms with E-state index in [1.807, 2.05) is 19.1 Å². The molecule has 0 radical (unpaired) electrons. The normalized spacial score (nSPS) is 11.4. The molecule has 0 saturated carbocycles. The van der Waals surface area contributed by atoms with E-state index in [0.717, 1.165) is 28.0 Å². The van der Waals surface area contributed by atoms with E-state index in [2.05, 4.69) is 121 Å². The lowest BCUT2D eigenvalue weighted by atomic mass is 9.85. The molecule has 1 aromatic heterocycles. The van der Waals surface area contributed by atoms with Crippen LogP contribution in [-0.2, 0) is 0 Å². The van der Waals surface area contributed by atoms with Gasteiger partial charge in [0.25, 0.3) is 0 Å². The number of pyridine rings is 1. The summed E-state index contributed by atoms with van der Waals surface area (Å²) in [4.78, 5) is 4.47. The van der Waals surface area contributed by atoms with E-state index < -0.39 is 0 Å². The molecule has 6 rings (SSSR count). The highest BCUT2D eigenvalue weighted by atomic mass is 14.7. The van der Waals surface area contributed by atoms with Crippen molar-refractivity contribution in [3.63, 3.8) is 0 Å². The lowest BCUT2D eigenvalue weighted by molar-refractivity contribution is 1.31. The Morgan fingerprint density at radius 1 is 0.692 bits per heavy atom. The number of hydrogen-bond acceptors (Lipinski definition) is 2. The van der Waals surface area contributed by atoms with Crippen LogP contribution in [0.3, 0.4) is 0 Å². The van der Waals surface area contributed by atoms with E-state index in [4.69, 9.17) is 0 Å². The molecule has 0 unspecified atom stereocenters. The Kier molecular flexibility index (Phi) is 6.33. The van der Waals surface area contributed by atoms with E-state index in [0.29, 0.717) is 5.56 Å². The molecule has 0 bridgehead atoms. The van der Waals surface area contributed by atoms with Gasteiger partial charge < -0.3 is 0 Å². The molecule has 0 atom stereocenters. The van der Waals surface area contributed by atoms with Gasteiger partial charge in [-0.2, -0.15) is 5.26 Å². The third-order valence-electron chi connectivity index (χ3n) is 7.33. The summed E-state index contributed by atoms with van der Waals surface area (Å²) in [5.74, 6) is 0. The van der Waals surface area contributed by atoms with Gasteiger partial charge in [0.1, 0.15) is 0 Å². The standard InChI is InChI=1S/C37H26N2/c1-3-26(4-2)27-13-17-29(18-14-27)36-31-9-5-7-11-33(31)37(34-12-8-6-10-32(34)36)30-19-15-28(16-20-30)35-23-25(24-38)21-22-39-35/h3-23H,1H2,2H3/b26-4+. The van der Waals surface area contributed by atoms with Gasteiger partial charge in [-0.25, -0.2) is 0 Å². The molecule has 0 N–H and O–H groups in total. The Morgan fingerprint density at radius 2 is 1.18 bits per heavy atom. The maximum Gasteiger partial charge on any atom is 0.0992 e. The van der Waals surface area contributed by atoms with Crippen molar-refractivity contribution in [1.82, 2.24) is 4.98 Å². The zero-order valence-corrected chi connectivity index (χ0v) is 21.7. The lowest BCUT2D eigenvalue weighted by Crippen LogP contribution is -1.91. The highest BCUT2D eigenvalue weighted by Crippen LogP contribution is 2.43. The van der Waals surface area contributed by atoms with Crippen LogP contribution in [0.15, 0.2) is 134 Å². The molecule has 1 heterocycles. The van der Waals surface area contributed by atoms with Gasteiger partial charge in [0.15, 0.2) is 0 Å². The number of hydrogen-bond donors (Lipinski definition) is 0. The fourth-order valence-electron chi connectivity index (χ4n) is 5.45. The van der Waals surface area contributed by atoms with Crippen LogP contribution in [0.4, 0.5) is 0 Å². The molecular weight excluding hydrogens is 472 g/mol. The molecule has 39 heavy (non-hydrogen) atoms. The quantitative estimate of drug-likeness (QED) is 0.175. The zero-order chi connectivity index (χ0) is 26.8. The Bertz CT molecular complexity index is 1860. The highest BCUT2D eigenvalue weighted by molar-refractivity contribution is 6.21. The van der Waals surface area contributed by atoms with Crippen LogP contribution in [-0.4, -0.2) is 4.98 Å². The second-order valence-electron chi connectivity index (χ2n) is 9.49.